The molecule has 2 aromatic rings. The molecule has 3 rings (SSSR count). The molecule has 7 heteroatoms. The third-order valence-electron chi connectivity index (χ3n) is 6.89. The van der Waals surface area contributed by atoms with Crippen LogP contribution in [0.1, 0.15) is 63.1 Å². The summed E-state index contributed by atoms with van der Waals surface area (Å²) < 4.78 is 27.3. The van der Waals surface area contributed by atoms with Gasteiger partial charge in [-0.05, 0) is 66.3 Å². The largest absolute Gasteiger partial charge is 0.465 e. The molecule has 5 nitrogen and oxygen atoms in total. The van der Waals surface area contributed by atoms with Gasteiger partial charge in [-0.15, -0.1) is 0 Å². The van der Waals surface area contributed by atoms with Crippen LogP contribution in [-0.2, 0) is 17.4 Å². The van der Waals surface area contributed by atoms with E-state index in [2.05, 4.69) is 56.2 Å². The summed E-state index contributed by atoms with van der Waals surface area (Å²) in [5, 5.41) is 26.1. The Kier molecular flexibility index (Phi) is 8.34. The van der Waals surface area contributed by atoms with Crippen LogP contribution >= 0.6 is 0 Å². The van der Waals surface area contributed by atoms with Crippen molar-refractivity contribution in [3.8, 4) is 0 Å². The van der Waals surface area contributed by atoms with E-state index in [4.69, 9.17) is 0 Å². The summed E-state index contributed by atoms with van der Waals surface area (Å²) in [6, 6.07) is 10.6. The van der Waals surface area contributed by atoms with Crippen molar-refractivity contribution >= 4 is 6.09 Å². The Hall–Kier alpha value is -2.77. The van der Waals surface area contributed by atoms with Crippen LogP contribution in [0.2, 0.25) is 0 Å². The molecule has 35 heavy (non-hydrogen) atoms. The number of carboxylic acid groups (broad SMARTS) is 1. The maximum Gasteiger partial charge on any atom is 0.404 e. The zero-order chi connectivity index (χ0) is 25.8. The average Bonchev–Trinajstić information content (AvgIpc) is 2.77. The first-order valence-corrected chi connectivity index (χ1v) is 12.0. The highest BCUT2D eigenvalue weighted by Gasteiger charge is 2.36. The zero-order valence-corrected chi connectivity index (χ0v) is 20.7. The quantitative estimate of drug-likeness (QED) is 0.376. The van der Waals surface area contributed by atoms with Crippen molar-refractivity contribution in [3.05, 3.63) is 82.9 Å². The van der Waals surface area contributed by atoms with E-state index >= 15 is 0 Å². The second kappa shape index (κ2) is 10.9. The summed E-state index contributed by atoms with van der Waals surface area (Å²) in [5.74, 6) is -1.50. The first-order valence-electron chi connectivity index (χ1n) is 12.0. The van der Waals surface area contributed by atoms with Gasteiger partial charge < -0.3 is 20.8 Å². The number of carbonyl (C=O) groups is 1. The highest BCUT2D eigenvalue weighted by molar-refractivity contribution is 5.65. The van der Waals surface area contributed by atoms with E-state index < -0.39 is 35.4 Å². The Morgan fingerprint density at radius 3 is 2.31 bits per heavy atom. The van der Waals surface area contributed by atoms with Crippen LogP contribution in [-0.4, -0.2) is 35.0 Å². The standard InChI is InChI=1S/C28H36F2N2O3/c1-18-8-10-28(11-9-18,21-7-5-6-20(15-21)27(2,3)4)31-17-25(33)24(32-26(34)35)14-19-12-22(29)16-23(30)13-19/h5-7,12-13,15-16,24-25,31-33H,1,8-11,14,17H2,2-4H3,(H,34,35). The zero-order valence-electron chi connectivity index (χ0n) is 20.7. The van der Waals surface area contributed by atoms with Gasteiger partial charge in [-0.1, -0.05) is 57.2 Å². The molecule has 2 atom stereocenters. The van der Waals surface area contributed by atoms with Gasteiger partial charge in [-0.25, -0.2) is 13.6 Å². The first kappa shape index (κ1) is 26.8. The van der Waals surface area contributed by atoms with E-state index in [1.54, 1.807) is 0 Å². The molecule has 1 aliphatic carbocycles. The second-order valence-electron chi connectivity index (χ2n) is 10.6. The van der Waals surface area contributed by atoms with Crippen molar-refractivity contribution < 1.29 is 23.8 Å². The number of halogens is 2. The number of rotatable bonds is 8. The molecule has 2 unspecified atom stereocenters. The number of benzene rings is 2. The van der Waals surface area contributed by atoms with Crippen LogP contribution < -0.4 is 10.6 Å². The molecule has 190 valence electrons. The molecule has 0 heterocycles. The number of allylic oxidation sites excluding steroid dienone is 1. The molecule has 0 radical (unpaired) electrons. The number of hydrogen-bond acceptors (Lipinski definition) is 3. The summed E-state index contributed by atoms with van der Waals surface area (Å²) in [6.07, 6.45) is 0.825. The van der Waals surface area contributed by atoms with E-state index in [1.807, 2.05) is 6.07 Å². The fourth-order valence-electron chi connectivity index (χ4n) is 4.75. The van der Waals surface area contributed by atoms with Crippen molar-refractivity contribution in [2.45, 2.75) is 76.0 Å². The summed E-state index contributed by atoms with van der Waals surface area (Å²) >= 11 is 0. The van der Waals surface area contributed by atoms with Gasteiger partial charge in [0.1, 0.15) is 11.6 Å². The molecule has 2 aromatic carbocycles. The summed E-state index contributed by atoms with van der Waals surface area (Å²) in [4.78, 5) is 11.4. The highest BCUT2D eigenvalue weighted by Crippen LogP contribution is 2.40. The summed E-state index contributed by atoms with van der Waals surface area (Å²) in [7, 11) is 0. The minimum absolute atomic E-state index is 0.0221. The lowest BCUT2D eigenvalue weighted by atomic mass is 9.73. The van der Waals surface area contributed by atoms with Crippen molar-refractivity contribution in [3.63, 3.8) is 0 Å². The van der Waals surface area contributed by atoms with Gasteiger partial charge in [0.2, 0.25) is 0 Å². The summed E-state index contributed by atoms with van der Waals surface area (Å²) in [5.41, 5.74) is 3.36. The molecule has 0 saturated heterocycles. The second-order valence-corrected chi connectivity index (χ2v) is 10.6. The maximum absolute atomic E-state index is 13.7. The van der Waals surface area contributed by atoms with E-state index in [1.165, 1.54) is 11.1 Å². The van der Waals surface area contributed by atoms with Crippen LogP contribution in [0, 0.1) is 11.6 Å². The molecule has 0 bridgehead atoms. The average molecular weight is 487 g/mol. The van der Waals surface area contributed by atoms with Gasteiger partial charge in [0.15, 0.2) is 0 Å². The van der Waals surface area contributed by atoms with Gasteiger partial charge in [0, 0.05) is 18.2 Å². The molecule has 0 aromatic heterocycles. The van der Waals surface area contributed by atoms with Crippen molar-refractivity contribution in [1.82, 2.24) is 10.6 Å². The van der Waals surface area contributed by atoms with Gasteiger partial charge in [-0.2, -0.15) is 0 Å². The topological polar surface area (TPSA) is 81.6 Å². The van der Waals surface area contributed by atoms with E-state index in [9.17, 15) is 23.8 Å². The molecule has 0 aliphatic heterocycles. The third-order valence-corrected chi connectivity index (χ3v) is 6.89. The molecule has 4 N–H and O–H groups in total. The predicted octanol–water partition coefficient (Wildman–Crippen LogP) is 5.42. The van der Waals surface area contributed by atoms with Gasteiger partial charge in [-0.3, -0.25) is 0 Å². The number of aliphatic hydroxyl groups excluding tert-OH is 1. The molecule has 0 spiro atoms. The maximum atomic E-state index is 13.7. The predicted molar refractivity (Wildman–Crippen MR) is 133 cm³/mol. The third kappa shape index (κ3) is 7.12. The Morgan fingerprint density at radius 1 is 1.11 bits per heavy atom. The number of hydrogen-bond donors (Lipinski definition) is 4. The molecule has 1 amide bonds. The molecule has 1 fully saturated rings. The molecule has 1 saturated carbocycles. The van der Waals surface area contributed by atoms with Crippen LogP contribution in [0.4, 0.5) is 13.6 Å². The molecular formula is C28H36F2N2O3. The molecular weight excluding hydrogens is 450 g/mol. The van der Waals surface area contributed by atoms with Crippen molar-refractivity contribution in [2.24, 2.45) is 0 Å². The highest BCUT2D eigenvalue weighted by atomic mass is 19.1. The van der Waals surface area contributed by atoms with Gasteiger partial charge in [0.25, 0.3) is 0 Å². The molecule has 1 aliphatic rings. The van der Waals surface area contributed by atoms with Gasteiger partial charge in [0.05, 0.1) is 12.1 Å². The smallest absolute Gasteiger partial charge is 0.404 e. The fourth-order valence-corrected chi connectivity index (χ4v) is 4.75. The number of nitrogens with one attached hydrogen (secondary N) is 2. The van der Waals surface area contributed by atoms with Crippen LogP contribution in [0.15, 0.2) is 54.6 Å². The monoisotopic (exact) mass is 486 g/mol. The van der Waals surface area contributed by atoms with Crippen LogP contribution in [0.3, 0.4) is 0 Å². The van der Waals surface area contributed by atoms with Crippen LogP contribution in [0.25, 0.3) is 0 Å². The summed E-state index contributed by atoms with van der Waals surface area (Å²) in [6.45, 7) is 10.7. The van der Waals surface area contributed by atoms with E-state index in [0.717, 1.165) is 49.4 Å². The lowest BCUT2D eigenvalue weighted by molar-refractivity contribution is 0.102. The lowest BCUT2D eigenvalue weighted by Gasteiger charge is -2.41. The van der Waals surface area contributed by atoms with E-state index in [0.29, 0.717) is 0 Å². The van der Waals surface area contributed by atoms with Gasteiger partial charge >= 0.3 is 6.09 Å². The van der Waals surface area contributed by atoms with Crippen molar-refractivity contribution in [1.29, 1.82) is 0 Å². The Bertz CT molecular complexity index is 1030. The van der Waals surface area contributed by atoms with Crippen molar-refractivity contribution in [2.75, 3.05) is 6.54 Å². The number of amides is 1. The minimum atomic E-state index is -1.31. The normalized spacial score (nSPS) is 17.6. The number of aliphatic hydroxyl groups is 1. The minimum Gasteiger partial charge on any atom is -0.465 e. The lowest BCUT2D eigenvalue weighted by Crippen LogP contribution is -2.53. The Labute approximate surface area is 206 Å². The Balaban J connectivity index is 1.83. The Morgan fingerprint density at radius 2 is 1.74 bits per heavy atom. The van der Waals surface area contributed by atoms with E-state index in [-0.39, 0.29) is 23.9 Å². The fraction of sp³-hybridized carbons (Fsp3) is 0.464. The van der Waals surface area contributed by atoms with Crippen LogP contribution in [0.5, 0.6) is 0 Å². The SMILES string of the molecule is C=C1CCC(NCC(O)C(Cc2cc(F)cc(F)c2)NC(=O)O)(c2cccc(C(C)(C)C)c2)CC1. The first-order chi connectivity index (χ1) is 16.4.